The molecule has 0 heterocycles. The Morgan fingerprint density at radius 2 is 1.92 bits per heavy atom. The van der Waals surface area contributed by atoms with E-state index in [9.17, 15) is 4.79 Å². The molecule has 0 bridgehead atoms. The molecule has 0 saturated carbocycles. The first-order valence-electron chi connectivity index (χ1n) is 4.34. The van der Waals surface area contributed by atoms with E-state index in [0.717, 1.165) is 5.71 Å². The Kier molecular flexibility index (Phi) is 5.93. The van der Waals surface area contributed by atoms with Crippen LogP contribution in [0.2, 0.25) is 0 Å². The molecule has 0 N–H and O–H groups in total. The van der Waals surface area contributed by atoms with Gasteiger partial charge in [0.05, 0.1) is 11.6 Å². The first-order chi connectivity index (χ1) is 6.04. The van der Waals surface area contributed by atoms with Gasteiger partial charge < -0.3 is 9.57 Å². The lowest BCUT2D eigenvalue weighted by Crippen LogP contribution is -2.14. The van der Waals surface area contributed by atoms with E-state index >= 15 is 0 Å². The first-order valence-corrected chi connectivity index (χ1v) is 4.34. The standard InChI is InChI=1S/C9H17NO3/c1-7(2)9(11)12-5-6-13-10-8(3)4/h7H,5-6H2,1-4H3. The first kappa shape index (κ1) is 11.9. The van der Waals surface area contributed by atoms with Crippen LogP contribution in [-0.4, -0.2) is 24.9 Å². The van der Waals surface area contributed by atoms with E-state index in [-0.39, 0.29) is 18.5 Å². The zero-order chi connectivity index (χ0) is 10.3. The summed E-state index contributed by atoms with van der Waals surface area (Å²) in [6.07, 6.45) is 0. The van der Waals surface area contributed by atoms with Crippen molar-refractivity contribution in [2.45, 2.75) is 27.7 Å². The van der Waals surface area contributed by atoms with Gasteiger partial charge in [-0.05, 0) is 13.8 Å². The summed E-state index contributed by atoms with van der Waals surface area (Å²) in [5.41, 5.74) is 0.843. The maximum atomic E-state index is 10.9. The average Bonchev–Trinajstić information content (AvgIpc) is 2.02. The molecule has 4 nitrogen and oxygen atoms in total. The molecule has 0 unspecified atom stereocenters. The van der Waals surface area contributed by atoms with Gasteiger partial charge in [0.15, 0.2) is 6.61 Å². The highest BCUT2D eigenvalue weighted by Crippen LogP contribution is 1.95. The van der Waals surface area contributed by atoms with Gasteiger partial charge in [-0.2, -0.15) is 0 Å². The number of hydrogen-bond acceptors (Lipinski definition) is 4. The molecule has 0 aromatic carbocycles. The van der Waals surface area contributed by atoms with Crippen LogP contribution < -0.4 is 0 Å². The molecular formula is C9H17NO3. The number of nitrogens with zero attached hydrogens (tertiary/aromatic N) is 1. The monoisotopic (exact) mass is 187 g/mol. The predicted octanol–water partition coefficient (Wildman–Crippen LogP) is 1.60. The van der Waals surface area contributed by atoms with E-state index in [0.29, 0.717) is 6.61 Å². The quantitative estimate of drug-likeness (QED) is 0.284. The number of carbonyl (C=O) groups excluding carboxylic acids is 1. The SMILES string of the molecule is CC(C)=NOCCOC(=O)C(C)C. The van der Waals surface area contributed by atoms with Gasteiger partial charge in [0.25, 0.3) is 0 Å². The van der Waals surface area contributed by atoms with Crippen LogP contribution in [0.4, 0.5) is 0 Å². The summed E-state index contributed by atoms with van der Waals surface area (Å²) < 4.78 is 4.85. The van der Waals surface area contributed by atoms with E-state index < -0.39 is 0 Å². The number of esters is 1. The minimum atomic E-state index is -0.208. The minimum absolute atomic E-state index is 0.0867. The Labute approximate surface area is 78.9 Å². The van der Waals surface area contributed by atoms with Crippen LogP contribution in [0.15, 0.2) is 5.16 Å². The van der Waals surface area contributed by atoms with Crippen molar-refractivity contribution in [3.8, 4) is 0 Å². The Balaban J connectivity index is 3.36. The molecule has 0 aliphatic carbocycles. The Morgan fingerprint density at radius 1 is 1.31 bits per heavy atom. The molecule has 0 amide bonds. The van der Waals surface area contributed by atoms with Crippen LogP contribution in [0, 0.1) is 5.92 Å². The number of carbonyl (C=O) groups is 1. The summed E-state index contributed by atoms with van der Waals surface area (Å²) in [6, 6.07) is 0. The van der Waals surface area contributed by atoms with Crippen molar-refractivity contribution in [2.75, 3.05) is 13.2 Å². The summed E-state index contributed by atoms with van der Waals surface area (Å²) in [5, 5.41) is 3.69. The molecule has 0 fully saturated rings. The minimum Gasteiger partial charge on any atom is -0.462 e. The second-order valence-corrected chi connectivity index (χ2v) is 3.19. The summed E-state index contributed by atoms with van der Waals surface area (Å²) in [5.74, 6) is -0.294. The van der Waals surface area contributed by atoms with E-state index in [1.54, 1.807) is 13.8 Å². The van der Waals surface area contributed by atoms with Gasteiger partial charge in [0.2, 0.25) is 0 Å². The Morgan fingerprint density at radius 3 is 2.38 bits per heavy atom. The molecular weight excluding hydrogens is 170 g/mol. The topological polar surface area (TPSA) is 47.9 Å². The molecule has 0 rings (SSSR count). The Bertz CT molecular complexity index is 183. The molecule has 0 atom stereocenters. The number of oxime groups is 1. The second-order valence-electron chi connectivity index (χ2n) is 3.19. The van der Waals surface area contributed by atoms with Crippen LogP contribution in [-0.2, 0) is 14.4 Å². The van der Waals surface area contributed by atoms with Crippen molar-refractivity contribution in [1.29, 1.82) is 0 Å². The van der Waals surface area contributed by atoms with Crippen molar-refractivity contribution in [2.24, 2.45) is 11.1 Å². The highest BCUT2D eigenvalue weighted by atomic mass is 16.6. The zero-order valence-corrected chi connectivity index (χ0v) is 8.66. The average molecular weight is 187 g/mol. The van der Waals surface area contributed by atoms with Crippen LogP contribution in [0.1, 0.15) is 27.7 Å². The molecule has 0 aromatic heterocycles. The molecule has 0 radical (unpaired) electrons. The molecule has 0 saturated heterocycles. The second kappa shape index (κ2) is 6.46. The van der Waals surface area contributed by atoms with Gasteiger partial charge in [-0.25, -0.2) is 0 Å². The third kappa shape index (κ3) is 7.31. The Hall–Kier alpha value is -1.06. The van der Waals surface area contributed by atoms with E-state index in [4.69, 9.17) is 9.57 Å². The van der Waals surface area contributed by atoms with Gasteiger partial charge >= 0.3 is 5.97 Å². The summed E-state index contributed by atoms with van der Waals surface area (Å²) in [4.78, 5) is 15.8. The van der Waals surface area contributed by atoms with E-state index in [2.05, 4.69) is 5.16 Å². The molecule has 4 heteroatoms. The van der Waals surface area contributed by atoms with Crippen LogP contribution in [0.5, 0.6) is 0 Å². The lowest BCUT2D eigenvalue weighted by atomic mass is 10.2. The van der Waals surface area contributed by atoms with Gasteiger partial charge in [-0.15, -0.1) is 0 Å². The fourth-order valence-electron chi connectivity index (χ4n) is 0.521. The molecule has 0 aliphatic heterocycles. The van der Waals surface area contributed by atoms with Crippen molar-refractivity contribution < 1.29 is 14.4 Å². The van der Waals surface area contributed by atoms with E-state index in [1.165, 1.54) is 0 Å². The maximum absolute atomic E-state index is 10.9. The fraction of sp³-hybridized carbons (Fsp3) is 0.778. The summed E-state index contributed by atoms with van der Waals surface area (Å²) >= 11 is 0. The van der Waals surface area contributed by atoms with Gasteiger partial charge in [0, 0.05) is 0 Å². The lowest BCUT2D eigenvalue weighted by Gasteiger charge is -2.05. The predicted molar refractivity (Wildman–Crippen MR) is 50.5 cm³/mol. The summed E-state index contributed by atoms with van der Waals surface area (Å²) in [7, 11) is 0. The van der Waals surface area contributed by atoms with Crippen LogP contribution >= 0.6 is 0 Å². The van der Waals surface area contributed by atoms with Crippen molar-refractivity contribution in [3.05, 3.63) is 0 Å². The third-order valence-corrected chi connectivity index (χ3v) is 1.14. The lowest BCUT2D eigenvalue weighted by molar-refractivity contribution is -0.148. The smallest absolute Gasteiger partial charge is 0.308 e. The third-order valence-electron chi connectivity index (χ3n) is 1.14. The molecule has 13 heavy (non-hydrogen) atoms. The summed E-state index contributed by atoms with van der Waals surface area (Å²) in [6.45, 7) is 7.81. The van der Waals surface area contributed by atoms with Crippen molar-refractivity contribution in [3.63, 3.8) is 0 Å². The molecule has 0 aromatic rings. The number of hydrogen-bond donors (Lipinski definition) is 0. The highest BCUT2D eigenvalue weighted by molar-refractivity contribution is 5.78. The zero-order valence-electron chi connectivity index (χ0n) is 8.66. The van der Waals surface area contributed by atoms with Crippen LogP contribution in [0.3, 0.4) is 0 Å². The van der Waals surface area contributed by atoms with Gasteiger partial charge in [-0.3, -0.25) is 4.79 Å². The molecule has 0 spiro atoms. The van der Waals surface area contributed by atoms with Crippen LogP contribution in [0.25, 0.3) is 0 Å². The highest BCUT2D eigenvalue weighted by Gasteiger charge is 2.06. The van der Waals surface area contributed by atoms with Gasteiger partial charge in [0.1, 0.15) is 6.61 Å². The number of rotatable bonds is 5. The normalized spacial score (nSPS) is 9.62. The van der Waals surface area contributed by atoms with E-state index in [1.807, 2.05) is 13.8 Å². The molecule has 0 aliphatic rings. The molecule has 76 valence electrons. The largest absolute Gasteiger partial charge is 0.462 e. The van der Waals surface area contributed by atoms with Gasteiger partial charge in [-0.1, -0.05) is 19.0 Å². The number of ether oxygens (including phenoxy) is 1. The maximum Gasteiger partial charge on any atom is 0.308 e. The van der Waals surface area contributed by atoms with Crippen molar-refractivity contribution >= 4 is 11.7 Å². The van der Waals surface area contributed by atoms with Crippen molar-refractivity contribution in [1.82, 2.24) is 0 Å². The fourth-order valence-corrected chi connectivity index (χ4v) is 0.521.